The van der Waals surface area contributed by atoms with Crippen molar-refractivity contribution in [1.29, 1.82) is 0 Å². The van der Waals surface area contributed by atoms with E-state index in [-0.39, 0.29) is 5.92 Å². The number of H-pyrrole nitrogens is 1. The van der Waals surface area contributed by atoms with Gasteiger partial charge in [0, 0.05) is 35.3 Å². The molecule has 1 aromatic carbocycles. The molecule has 1 aliphatic carbocycles. The maximum atomic E-state index is 16.2. The van der Waals surface area contributed by atoms with Crippen molar-refractivity contribution in [3.63, 3.8) is 0 Å². The number of methoxy groups -OCH3 is 1. The summed E-state index contributed by atoms with van der Waals surface area (Å²) in [5.74, 6) is 1.61. The van der Waals surface area contributed by atoms with Crippen molar-refractivity contribution in [2.24, 2.45) is 7.05 Å². The molecule has 0 radical (unpaired) electrons. The number of hydrogen-bond acceptors (Lipinski definition) is 6. The molecule has 0 spiro atoms. The number of ether oxygens (including phenoxy) is 1. The Morgan fingerprint density at radius 1 is 1.17 bits per heavy atom. The van der Waals surface area contributed by atoms with Crippen molar-refractivity contribution in [2.75, 3.05) is 7.11 Å². The van der Waals surface area contributed by atoms with Gasteiger partial charge in [0.2, 0.25) is 0 Å². The van der Waals surface area contributed by atoms with Crippen molar-refractivity contribution in [2.45, 2.75) is 52.4 Å². The summed E-state index contributed by atoms with van der Waals surface area (Å²) in [4.78, 5) is 12.7. The zero-order valence-electron chi connectivity index (χ0n) is 20.7. The van der Waals surface area contributed by atoms with Gasteiger partial charge in [-0.15, -0.1) is 0 Å². The molecule has 4 aromatic heterocycles. The SMILES string of the molecule is COc1cc2c([nH]c3nc(C)nc(C(C)c4cc(C5CC5)nn4C)c32)c(F)c1-c1c(C)noc1C. The maximum absolute atomic E-state index is 16.2. The van der Waals surface area contributed by atoms with Gasteiger partial charge in [0.15, 0.2) is 5.82 Å². The number of aryl methyl sites for hydroxylation is 4. The van der Waals surface area contributed by atoms with Gasteiger partial charge in [-0.1, -0.05) is 12.1 Å². The van der Waals surface area contributed by atoms with E-state index in [1.165, 1.54) is 20.0 Å². The highest BCUT2D eigenvalue weighted by Gasteiger charge is 2.30. The summed E-state index contributed by atoms with van der Waals surface area (Å²) in [6, 6.07) is 4.03. The quantitative estimate of drug-likeness (QED) is 0.356. The van der Waals surface area contributed by atoms with E-state index in [1.54, 1.807) is 13.8 Å². The lowest BCUT2D eigenvalue weighted by atomic mass is 9.96. The van der Waals surface area contributed by atoms with Crippen LogP contribution in [-0.2, 0) is 7.05 Å². The smallest absolute Gasteiger partial charge is 0.159 e. The fourth-order valence-electron chi connectivity index (χ4n) is 5.19. The van der Waals surface area contributed by atoms with Gasteiger partial charge in [0.1, 0.15) is 23.0 Å². The molecule has 5 aromatic rings. The van der Waals surface area contributed by atoms with Gasteiger partial charge in [0.05, 0.1) is 40.8 Å². The molecule has 180 valence electrons. The van der Waals surface area contributed by atoms with Gasteiger partial charge >= 0.3 is 0 Å². The van der Waals surface area contributed by atoms with E-state index in [9.17, 15) is 0 Å². The third-order valence-electron chi connectivity index (χ3n) is 7.08. The summed E-state index contributed by atoms with van der Waals surface area (Å²) in [5.41, 5.74) is 5.50. The van der Waals surface area contributed by atoms with Crippen molar-refractivity contribution >= 4 is 21.9 Å². The van der Waals surface area contributed by atoms with Crippen LogP contribution in [0.25, 0.3) is 33.1 Å². The number of benzene rings is 1. The standard InChI is InChI=1S/C26H27FN6O2/c1-11(18-10-17(15-7-8-15)31-33(18)5)24-21-16-9-19(34-6)22(20-12(2)32-35-13(20)3)23(27)25(16)30-26(21)29-14(4)28-24/h9-11,15H,7-8H2,1-6H3,(H,28,29,30). The van der Waals surface area contributed by atoms with Crippen LogP contribution in [0.5, 0.6) is 5.75 Å². The molecule has 0 bridgehead atoms. The summed E-state index contributed by atoms with van der Waals surface area (Å²) in [5, 5.41) is 10.2. The Morgan fingerprint density at radius 2 is 1.94 bits per heavy atom. The zero-order chi connectivity index (χ0) is 24.6. The molecule has 0 saturated heterocycles. The van der Waals surface area contributed by atoms with Gasteiger partial charge in [0.25, 0.3) is 0 Å². The van der Waals surface area contributed by atoms with Gasteiger partial charge in [-0.2, -0.15) is 5.10 Å². The molecular weight excluding hydrogens is 447 g/mol. The molecule has 8 nitrogen and oxygen atoms in total. The molecule has 1 saturated carbocycles. The lowest BCUT2D eigenvalue weighted by Crippen LogP contribution is -2.08. The Balaban J connectivity index is 1.62. The van der Waals surface area contributed by atoms with Crippen LogP contribution in [0, 0.1) is 26.6 Å². The van der Waals surface area contributed by atoms with Gasteiger partial charge in [-0.3, -0.25) is 4.68 Å². The van der Waals surface area contributed by atoms with Gasteiger partial charge in [-0.25, -0.2) is 14.4 Å². The number of rotatable bonds is 5. The minimum atomic E-state index is -0.431. The van der Waals surface area contributed by atoms with Crippen molar-refractivity contribution < 1.29 is 13.7 Å². The first-order valence-corrected chi connectivity index (χ1v) is 11.8. The van der Waals surface area contributed by atoms with E-state index in [0.717, 1.165) is 22.5 Å². The molecule has 6 rings (SSSR count). The first kappa shape index (κ1) is 21.8. The molecule has 4 heterocycles. The van der Waals surface area contributed by atoms with Crippen LogP contribution in [0.15, 0.2) is 16.7 Å². The topological polar surface area (TPSA) is 94.7 Å². The third-order valence-corrected chi connectivity index (χ3v) is 7.08. The number of fused-ring (bicyclic) bond motifs is 3. The summed E-state index contributed by atoms with van der Waals surface area (Å²) in [6.07, 6.45) is 2.38. The molecule has 1 aliphatic rings. The zero-order valence-corrected chi connectivity index (χ0v) is 20.7. The van der Waals surface area contributed by atoms with E-state index >= 15 is 4.39 Å². The molecule has 0 amide bonds. The van der Waals surface area contributed by atoms with Crippen molar-refractivity contribution in [3.05, 3.63) is 52.3 Å². The van der Waals surface area contributed by atoms with Crippen LogP contribution < -0.4 is 4.74 Å². The average molecular weight is 475 g/mol. The summed E-state index contributed by atoms with van der Waals surface area (Å²) >= 11 is 0. The second-order valence-corrected chi connectivity index (χ2v) is 9.51. The van der Waals surface area contributed by atoms with E-state index < -0.39 is 5.82 Å². The Hall–Kier alpha value is -3.75. The molecule has 1 N–H and O–H groups in total. The Bertz CT molecular complexity index is 1610. The molecule has 1 unspecified atom stereocenters. The molecule has 35 heavy (non-hydrogen) atoms. The largest absolute Gasteiger partial charge is 0.496 e. The van der Waals surface area contributed by atoms with Crippen LogP contribution >= 0.6 is 0 Å². The number of aromatic amines is 1. The molecular formula is C26H27FN6O2. The first-order chi connectivity index (χ1) is 16.8. The fraction of sp³-hybridized carbons (Fsp3) is 0.385. The van der Waals surface area contributed by atoms with Crippen LogP contribution in [0.3, 0.4) is 0 Å². The molecule has 1 fully saturated rings. The fourth-order valence-corrected chi connectivity index (χ4v) is 5.19. The molecule has 1 atom stereocenters. The second-order valence-electron chi connectivity index (χ2n) is 9.51. The van der Waals surface area contributed by atoms with Gasteiger partial charge < -0.3 is 14.2 Å². The number of nitrogens with one attached hydrogen (secondary N) is 1. The van der Waals surface area contributed by atoms with Crippen LogP contribution in [0.1, 0.15) is 66.0 Å². The number of halogens is 1. The number of hydrogen-bond donors (Lipinski definition) is 1. The summed E-state index contributed by atoms with van der Waals surface area (Å²) in [7, 11) is 3.51. The minimum absolute atomic E-state index is 0.0699. The minimum Gasteiger partial charge on any atom is -0.496 e. The number of nitrogens with zero attached hydrogens (tertiary/aromatic N) is 5. The maximum Gasteiger partial charge on any atom is 0.159 e. The highest BCUT2D eigenvalue weighted by Crippen LogP contribution is 2.44. The Kier molecular flexibility index (Phi) is 4.74. The highest BCUT2D eigenvalue weighted by molar-refractivity contribution is 6.10. The first-order valence-electron chi connectivity index (χ1n) is 11.8. The van der Waals surface area contributed by atoms with E-state index in [1.807, 2.05) is 24.7 Å². The third kappa shape index (κ3) is 3.25. The van der Waals surface area contributed by atoms with Crippen LogP contribution in [-0.4, -0.2) is 37.0 Å². The normalized spacial score (nSPS) is 14.8. The summed E-state index contributed by atoms with van der Waals surface area (Å²) < 4.78 is 29.1. The van der Waals surface area contributed by atoms with Gasteiger partial charge in [-0.05, 0) is 45.7 Å². The van der Waals surface area contributed by atoms with E-state index in [2.05, 4.69) is 28.1 Å². The second kappa shape index (κ2) is 7.63. The van der Waals surface area contributed by atoms with E-state index in [0.29, 0.717) is 56.6 Å². The van der Waals surface area contributed by atoms with Crippen LogP contribution in [0.2, 0.25) is 0 Å². The lowest BCUT2D eigenvalue weighted by Gasteiger charge is -2.14. The monoisotopic (exact) mass is 474 g/mol. The predicted octanol–water partition coefficient (Wildman–Crippen LogP) is 5.60. The van der Waals surface area contributed by atoms with E-state index in [4.69, 9.17) is 19.3 Å². The van der Waals surface area contributed by atoms with Crippen molar-refractivity contribution in [1.82, 2.24) is 29.9 Å². The Labute approximate surface area is 201 Å². The molecule has 0 aliphatic heterocycles. The summed E-state index contributed by atoms with van der Waals surface area (Å²) in [6.45, 7) is 7.52. The van der Waals surface area contributed by atoms with Crippen LogP contribution in [0.4, 0.5) is 4.39 Å². The number of aromatic nitrogens is 6. The average Bonchev–Trinajstić information content (AvgIpc) is 3.40. The molecule has 9 heteroatoms. The predicted molar refractivity (Wildman–Crippen MR) is 130 cm³/mol. The highest BCUT2D eigenvalue weighted by atomic mass is 19.1. The van der Waals surface area contributed by atoms with Crippen molar-refractivity contribution in [3.8, 4) is 16.9 Å². The Morgan fingerprint density at radius 3 is 2.60 bits per heavy atom. The lowest BCUT2D eigenvalue weighted by molar-refractivity contribution is 0.393.